The van der Waals surface area contributed by atoms with Crippen molar-refractivity contribution in [3.05, 3.63) is 89.5 Å². The van der Waals surface area contributed by atoms with Gasteiger partial charge < -0.3 is 19.8 Å². The van der Waals surface area contributed by atoms with Gasteiger partial charge in [0.25, 0.3) is 0 Å². The smallest absolute Gasteiger partial charge is 0.164 e. The summed E-state index contributed by atoms with van der Waals surface area (Å²) in [6.45, 7) is 21.0. The number of hydrogen-bond acceptors (Lipinski definition) is 8. The van der Waals surface area contributed by atoms with Crippen molar-refractivity contribution in [2.75, 3.05) is 13.2 Å². The molecule has 0 atom stereocenters. The van der Waals surface area contributed by atoms with Crippen LogP contribution in [0.15, 0.2) is 72.8 Å². The van der Waals surface area contributed by atoms with E-state index in [0.29, 0.717) is 59.1 Å². The predicted octanol–water partition coefficient (Wildman–Crippen LogP) is 13.3. The minimum atomic E-state index is -0.0887. The Morgan fingerprint density at radius 3 is 1.28 bits per heavy atom. The molecule has 0 amide bonds. The van der Waals surface area contributed by atoms with Gasteiger partial charge in [0.05, 0.1) is 6.61 Å². The molecule has 0 spiro atoms. The summed E-state index contributed by atoms with van der Waals surface area (Å²) in [4.78, 5) is 39.0. The Morgan fingerprint density at radius 2 is 0.797 bits per heavy atom. The highest BCUT2D eigenvalue weighted by atomic mass is 16.5. The maximum absolute atomic E-state index is 9.05. The first kappa shape index (κ1) is 43.3. The van der Waals surface area contributed by atoms with Gasteiger partial charge in [-0.1, -0.05) is 137 Å². The number of unbranched alkanes of at least 4 members (excludes halogenated alkanes) is 7. The quantitative estimate of drug-likeness (QED) is 0.109. The number of aliphatic hydroxyl groups is 1. The molecule has 7 aromatic rings. The molecule has 0 fully saturated rings. The van der Waals surface area contributed by atoms with E-state index < -0.39 is 0 Å². The average molecular weight is 855 g/mol. The topological polar surface area (TPSA) is 138 Å². The monoisotopic (exact) mass is 854 g/mol. The molecule has 4 aromatic carbocycles. The molecular formula is C54H62N8O2. The van der Waals surface area contributed by atoms with Crippen molar-refractivity contribution in [3.8, 4) is 51.3 Å². The van der Waals surface area contributed by atoms with Crippen molar-refractivity contribution in [2.24, 2.45) is 0 Å². The van der Waals surface area contributed by atoms with Crippen molar-refractivity contribution in [3.63, 3.8) is 0 Å². The van der Waals surface area contributed by atoms with E-state index in [2.05, 4.69) is 139 Å². The molecule has 2 aliphatic heterocycles. The van der Waals surface area contributed by atoms with Crippen molar-refractivity contribution in [1.29, 1.82) is 0 Å². The third kappa shape index (κ3) is 8.64. The Morgan fingerprint density at radius 1 is 0.406 bits per heavy atom. The van der Waals surface area contributed by atoms with Crippen LogP contribution >= 0.6 is 0 Å². The summed E-state index contributed by atoms with van der Waals surface area (Å²) in [5.74, 6) is 3.12. The highest BCUT2D eigenvalue weighted by Crippen LogP contribution is 2.41. The predicted molar refractivity (Wildman–Crippen MR) is 262 cm³/mol. The van der Waals surface area contributed by atoms with Crippen molar-refractivity contribution in [2.45, 2.75) is 130 Å². The fourth-order valence-electron chi connectivity index (χ4n) is 8.73. The van der Waals surface area contributed by atoms with Gasteiger partial charge in [-0.05, 0) is 82.2 Å². The summed E-state index contributed by atoms with van der Waals surface area (Å²) in [5, 5.41) is 12.8. The molecule has 8 bridgehead atoms. The summed E-state index contributed by atoms with van der Waals surface area (Å²) >= 11 is 0. The number of aromatic nitrogens is 8. The second-order valence-corrected chi connectivity index (χ2v) is 20.7. The summed E-state index contributed by atoms with van der Waals surface area (Å²) in [6.07, 6.45) is 8.94. The fourth-order valence-corrected chi connectivity index (χ4v) is 8.73. The number of aromatic amines is 2. The SMILES string of the molecule is CC(C)(C)c1ccc2c(c1)-c1nc-2nc2[nH]c(nc3nc(nc4[nH]c(n1)c1ccc(OCCCCCCCCCCO)cc41)-c1ccc(C(C)(C)C)cc1-3)c1ccc(C(C)(C)C)cc21. The zero-order valence-electron chi connectivity index (χ0n) is 39.0. The van der Waals surface area contributed by atoms with Gasteiger partial charge in [-0.15, -0.1) is 0 Å². The number of nitrogens with zero attached hydrogens (tertiary/aromatic N) is 6. The maximum Gasteiger partial charge on any atom is 0.164 e. The molecule has 0 saturated carbocycles. The van der Waals surface area contributed by atoms with Crippen LogP contribution in [0.5, 0.6) is 5.75 Å². The number of H-pyrrole nitrogens is 2. The Labute approximate surface area is 376 Å². The van der Waals surface area contributed by atoms with E-state index in [1.807, 2.05) is 6.07 Å². The van der Waals surface area contributed by atoms with Crippen LogP contribution in [-0.2, 0) is 16.2 Å². The van der Waals surface area contributed by atoms with Gasteiger partial charge in [0.2, 0.25) is 0 Å². The minimum absolute atomic E-state index is 0.0784. The van der Waals surface area contributed by atoms with Crippen LogP contribution in [0.1, 0.15) is 130 Å². The number of rotatable bonds is 11. The van der Waals surface area contributed by atoms with Crippen LogP contribution in [0.2, 0.25) is 0 Å². The Bertz CT molecular complexity index is 3050. The van der Waals surface area contributed by atoms with Crippen molar-refractivity contribution >= 4 is 44.1 Å². The standard InChI is InChI=1S/C54H62N8O2/c1-52(2,3)32-18-22-36-40(28-32)48-55-44(36)57-49-42-30-34(54(7,8)9)20-24-38(42)46(59-49)61-51-43-31-35(64-27-17-15-13-11-10-12-14-16-26-63)21-25-39(43)47(62-51)60-50-41-29-33(53(4,5)6)19-23-37(41)45(56-48)58-50/h18-25,28-31,63H,10-17,26-27H2,1-9H3,(H2,55,56,57,58,59,60,61,62). The Balaban J connectivity index is 1.26. The van der Waals surface area contributed by atoms with E-state index in [1.54, 1.807) is 0 Å². The highest BCUT2D eigenvalue weighted by molar-refractivity contribution is 6.07. The van der Waals surface area contributed by atoms with Crippen molar-refractivity contribution < 1.29 is 9.84 Å². The summed E-state index contributed by atoms with van der Waals surface area (Å²) in [5.41, 5.74) is 9.67. The molecule has 3 aromatic heterocycles. The average Bonchev–Trinajstić information content (AvgIpc) is 3.98. The van der Waals surface area contributed by atoms with Gasteiger partial charge >= 0.3 is 0 Å². The first-order valence-corrected chi connectivity index (χ1v) is 23.2. The van der Waals surface area contributed by atoms with E-state index in [-0.39, 0.29) is 16.2 Å². The van der Waals surface area contributed by atoms with E-state index in [4.69, 9.17) is 39.7 Å². The van der Waals surface area contributed by atoms with Crippen LogP contribution in [-0.4, -0.2) is 58.2 Å². The lowest BCUT2D eigenvalue weighted by atomic mass is 9.85. The molecule has 0 unspecified atom stereocenters. The number of ether oxygens (including phenoxy) is 1. The number of nitrogens with one attached hydrogen (secondary N) is 2. The number of hydrogen-bond donors (Lipinski definition) is 3. The van der Waals surface area contributed by atoms with Crippen LogP contribution < -0.4 is 4.74 Å². The molecule has 0 saturated heterocycles. The van der Waals surface area contributed by atoms with E-state index in [0.717, 1.165) is 75.2 Å². The Hall–Kier alpha value is -6.00. The van der Waals surface area contributed by atoms with Gasteiger partial charge in [-0.25, -0.2) is 29.9 Å². The summed E-state index contributed by atoms with van der Waals surface area (Å²) < 4.78 is 6.39. The fraction of sp³-hybridized carbons (Fsp3) is 0.407. The number of aliphatic hydroxyl groups excluding tert-OH is 1. The molecule has 330 valence electrons. The third-order valence-corrected chi connectivity index (χ3v) is 12.7. The van der Waals surface area contributed by atoms with Crippen LogP contribution in [0.25, 0.3) is 89.7 Å². The molecule has 10 heteroatoms. The largest absolute Gasteiger partial charge is 0.494 e. The van der Waals surface area contributed by atoms with Crippen LogP contribution in [0.3, 0.4) is 0 Å². The lowest BCUT2D eigenvalue weighted by molar-refractivity contribution is 0.282. The maximum atomic E-state index is 9.05. The van der Waals surface area contributed by atoms with Gasteiger partial charge in [0, 0.05) is 50.4 Å². The molecule has 0 radical (unpaired) electrons. The summed E-state index contributed by atoms with van der Waals surface area (Å²) in [6, 6.07) is 25.8. The summed E-state index contributed by atoms with van der Waals surface area (Å²) in [7, 11) is 0. The normalized spacial score (nSPS) is 12.8. The molecule has 64 heavy (non-hydrogen) atoms. The number of benzene rings is 4. The zero-order chi connectivity index (χ0) is 45.0. The van der Waals surface area contributed by atoms with Crippen LogP contribution in [0, 0.1) is 0 Å². The molecule has 0 aliphatic carbocycles. The lowest BCUT2D eigenvalue weighted by Crippen LogP contribution is -2.10. The molecule has 9 rings (SSSR count). The molecule has 3 N–H and O–H groups in total. The minimum Gasteiger partial charge on any atom is -0.494 e. The van der Waals surface area contributed by atoms with Crippen LogP contribution in [0.4, 0.5) is 0 Å². The van der Waals surface area contributed by atoms with E-state index >= 15 is 0 Å². The van der Waals surface area contributed by atoms with Gasteiger partial charge in [-0.2, -0.15) is 0 Å². The van der Waals surface area contributed by atoms with Gasteiger partial charge in [0.1, 0.15) is 28.3 Å². The van der Waals surface area contributed by atoms with E-state index in [9.17, 15) is 0 Å². The molecule has 10 nitrogen and oxygen atoms in total. The first-order valence-electron chi connectivity index (χ1n) is 23.2. The molecule has 5 heterocycles. The molecule has 2 aliphatic rings. The third-order valence-electron chi connectivity index (χ3n) is 12.7. The zero-order valence-corrected chi connectivity index (χ0v) is 39.0. The van der Waals surface area contributed by atoms with Gasteiger partial charge in [0.15, 0.2) is 23.3 Å². The second-order valence-electron chi connectivity index (χ2n) is 20.7. The highest BCUT2D eigenvalue weighted by Gasteiger charge is 2.26. The Kier molecular flexibility index (Phi) is 11.4. The first-order chi connectivity index (χ1) is 30.5. The van der Waals surface area contributed by atoms with Gasteiger partial charge in [-0.3, -0.25) is 0 Å². The molecular weight excluding hydrogens is 793 g/mol. The second kappa shape index (κ2) is 16.8. The number of fused-ring (bicyclic) bond motifs is 20. The lowest BCUT2D eigenvalue weighted by Gasteiger charge is -2.19. The van der Waals surface area contributed by atoms with Crippen molar-refractivity contribution in [1.82, 2.24) is 39.9 Å². The van der Waals surface area contributed by atoms with E-state index in [1.165, 1.54) is 42.4 Å².